The smallest absolute Gasteiger partial charge is 0.153 e. The normalized spacial score (nSPS) is 28.1. The van der Waals surface area contributed by atoms with Crippen molar-refractivity contribution in [1.82, 2.24) is 5.32 Å². The van der Waals surface area contributed by atoms with Crippen molar-refractivity contribution < 1.29 is 8.42 Å². The summed E-state index contributed by atoms with van der Waals surface area (Å²) in [6, 6.07) is 6.14. The molecule has 0 spiro atoms. The molecule has 0 aromatic carbocycles. The van der Waals surface area contributed by atoms with Crippen LogP contribution in [0.1, 0.15) is 24.1 Å². The molecule has 0 amide bonds. The summed E-state index contributed by atoms with van der Waals surface area (Å²) in [6.45, 7) is 0.553. The molecule has 1 heterocycles. The van der Waals surface area contributed by atoms with E-state index < -0.39 is 20.6 Å². The molecule has 0 radical (unpaired) electrons. The number of sulfone groups is 1. The second kappa shape index (κ2) is 5.00. The Balaban J connectivity index is 2.18. The number of nitrogens with one attached hydrogen (secondary N) is 1. The number of thiophene rings is 1. The third kappa shape index (κ3) is 2.58. The lowest BCUT2D eigenvalue weighted by Gasteiger charge is -2.28. The number of hydrogen-bond acceptors (Lipinski definition) is 5. The summed E-state index contributed by atoms with van der Waals surface area (Å²) in [5, 5.41) is 14.0. The van der Waals surface area contributed by atoms with Crippen molar-refractivity contribution in [2.45, 2.75) is 36.6 Å². The quantitative estimate of drug-likeness (QED) is 0.913. The van der Waals surface area contributed by atoms with Gasteiger partial charge in [0, 0.05) is 17.7 Å². The van der Waals surface area contributed by atoms with Crippen LogP contribution < -0.4 is 5.32 Å². The van der Waals surface area contributed by atoms with E-state index in [0.29, 0.717) is 19.4 Å². The second-order valence-corrected chi connectivity index (χ2v) is 7.99. The average molecular weight is 284 g/mol. The molecule has 1 fully saturated rings. The minimum absolute atomic E-state index is 0.553. The SMILES string of the molecule is CS(=O)(=O)C1CCCC1(C#N)NCc1cccs1. The Kier molecular flexibility index (Phi) is 3.76. The number of hydrogen-bond donors (Lipinski definition) is 1. The van der Waals surface area contributed by atoms with E-state index in [0.717, 1.165) is 11.3 Å². The number of nitriles is 1. The van der Waals surface area contributed by atoms with Gasteiger partial charge in [0.05, 0.1) is 11.3 Å². The molecule has 1 saturated carbocycles. The third-order valence-electron chi connectivity index (χ3n) is 3.46. The molecule has 6 heteroatoms. The van der Waals surface area contributed by atoms with E-state index in [1.54, 1.807) is 11.3 Å². The summed E-state index contributed by atoms with van der Waals surface area (Å²) in [5.74, 6) is 0. The Morgan fingerprint density at radius 3 is 3.00 bits per heavy atom. The van der Waals surface area contributed by atoms with Gasteiger partial charge in [-0.3, -0.25) is 5.32 Å². The van der Waals surface area contributed by atoms with E-state index in [-0.39, 0.29) is 0 Å². The van der Waals surface area contributed by atoms with Crippen molar-refractivity contribution in [3.63, 3.8) is 0 Å². The molecule has 2 rings (SSSR count). The van der Waals surface area contributed by atoms with Gasteiger partial charge < -0.3 is 0 Å². The fourth-order valence-electron chi connectivity index (χ4n) is 2.58. The highest BCUT2D eigenvalue weighted by Crippen LogP contribution is 2.34. The molecule has 1 aromatic rings. The van der Waals surface area contributed by atoms with Crippen LogP contribution in [0.15, 0.2) is 17.5 Å². The molecule has 4 nitrogen and oxygen atoms in total. The van der Waals surface area contributed by atoms with E-state index in [4.69, 9.17) is 0 Å². The topological polar surface area (TPSA) is 70.0 Å². The maximum atomic E-state index is 11.8. The van der Waals surface area contributed by atoms with E-state index in [2.05, 4.69) is 11.4 Å². The van der Waals surface area contributed by atoms with Crippen LogP contribution in [-0.4, -0.2) is 25.5 Å². The predicted molar refractivity (Wildman–Crippen MR) is 72.0 cm³/mol. The van der Waals surface area contributed by atoms with Crippen molar-refractivity contribution in [2.75, 3.05) is 6.26 Å². The maximum Gasteiger partial charge on any atom is 0.153 e. The highest BCUT2D eigenvalue weighted by Gasteiger charge is 2.48. The molecule has 1 aromatic heterocycles. The van der Waals surface area contributed by atoms with Crippen LogP contribution in [0, 0.1) is 11.3 Å². The van der Waals surface area contributed by atoms with Gasteiger partial charge in [-0.1, -0.05) is 6.07 Å². The first kappa shape index (κ1) is 13.5. The van der Waals surface area contributed by atoms with Crippen molar-refractivity contribution in [1.29, 1.82) is 5.26 Å². The highest BCUT2D eigenvalue weighted by molar-refractivity contribution is 7.91. The molecule has 1 aliphatic carbocycles. The van der Waals surface area contributed by atoms with Crippen LogP contribution in [0.4, 0.5) is 0 Å². The van der Waals surface area contributed by atoms with Crippen LogP contribution >= 0.6 is 11.3 Å². The molecule has 0 aliphatic heterocycles. The first-order valence-corrected chi connectivity index (χ1v) is 8.69. The molecule has 18 heavy (non-hydrogen) atoms. The van der Waals surface area contributed by atoms with Gasteiger partial charge in [-0.25, -0.2) is 8.42 Å². The molecule has 2 unspecified atom stereocenters. The zero-order valence-electron chi connectivity index (χ0n) is 10.2. The van der Waals surface area contributed by atoms with Crippen molar-refractivity contribution in [2.24, 2.45) is 0 Å². The second-order valence-electron chi connectivity index (χ2n) is 4.73. The van der Waals surface area contributed by atoms with Gasteiger partial charge in [0.2, 0.25) is 0 Å². The van der Waals surface area contributed by atoms with Gasteiger partial charge in [-0.2, -0.15) is 5.26 Å². The highest BCUT2D eigenvalue weighted by atomic mass is 32.2. The molecule has 1 aliphatic rings. The fraction of sp³-hybridized carbons (Fsp3) is 0.583. The van der Waals surface area contributed by atoms with Gasteiger partial charge >= 0.3 is 0 Å². The first-order chi connectivity index (χ1) is 8.48. The summed E-state index contributed by atoms with van der Waals surface area (Å²) in [6.07, 6.45) is 3.18. The standard InChI is InChI=1S/C12H16N2O2S2/c1-18(15,16)11-5-2-6-12(11,9-13)14-8-10-4-3-7-17-10/h3-4,7,11,14H,2,5-6,8H2,1H3. The largest absolute Gasteiger partial charge is 0.293 e. The predicted octanol–water partition coefficient (Wildman–Crippen LogP) is 1.70. The van der Waals surface area contributed by atoms with Crippen molar-refractivity contribution >= 4 is 21.2 Å². The van der Waals surface area contributed by atoms with Crippen LogP contribution in [0.5, 0.6) is 0 Å². The van der Waals surface area contributed by atoms with Gasteiger partial charge in [-0.15, -0.1) is 11.3 Å². The van der Waals surface area contributed by atoms with Crippen molar-refractivity contribution in [3.8, 4) is 6.07 Å². The van der Waals surface area contributed by atoms with Crippen LogP contribution in [-0.2, 0) is 16.4 Å². The first-order valence-electron chi connectivity index (χ1n) is 5.85. The molecule has 0 saturated heterocycles. The van der Waals surface area contributed by atoms with Crippen LogP contribution in [0.25, 0.3) is 0 Å². The Morgan fingerprint density at radius 2 is 2.44 bits per heavy atom. The van der Waals surface area contributed by atoms with E-state index in [9.17, 15) is 13.7 Å². The van der Waals surface area contributed by atoms with Crippen LogP contribution in [0.2, 0.25) is 0 Å². The lowest BCUT2D eigenvalue weighted by molar-refractivity contribution is 0.418. The van der Waals surface area contributed by atoms with Gasteiger partial charge in [0.25, 0.3) is 0 Å². The zero-order valence-corrected chi connectivity index (χ0v) is 11.9. The number of nitrogens with zero attached hydrogens (tertiary/aromatic N) is 1. The van der Waals surface area contributed by atoms with E-state index in [1.165, 1.54) is 6.26 Å². The Labute approximate surface area is 112 Å². The Bertz CT molecular complexity index is 545. The summed E-state index contributed by atoms with van der Waals surface area (Å²) < 4.78 is 23.6. The maximum absolute atomic E-state index is 11.8. The lowest BCUT2D eigenvalue weighted by atomic mass is 9.99. The molecular weight excluding hydrogens is 268 g/mol. The molecular formula is C12H16N2O2S2. The summed E-state index contributed by atoms with van der Waals surface area (Å²) in [7, 11) is -3.19. The van der Waals surface area contributed by atoms with Crippen molar-refractivity contribution in [3.05, 3.63) is 22.4 Å². The molecule has 0 bridgehead atoms. The third-order valence-corrected chi connectivity index (χ3v) is 6.01. The van der Waals surface area contributed by atoms with Gasteiger partial charge in [-0.05, 0) is 30.7 Å². The average Bonchev–Trinajstić information content (AvgIpc) is 2.95. The van der Waals surface area contributed by atoms with E-state index in [1.807, 2.05) is 17.5 Å². The van der Waals surface area contributed by atoms with Gasteiger partial charge in [0.15, 0.2) is 9.84 Å². The summed E-state index contributed by atoms with van der Waals surface area (Å²) in [5.41, 5.74) is -0.919. The Morgan fingerprint density at radius 1 is 1.67 bits per heavy atom. The Hall–Kier alpha value is -0.900. The van der Waals surface area contributed by atoms with Gasteiger partial charge in [0.1, 0.15) is 5.54 Å². The minimum Gasteiger partial charge on any atom is -0.293 e. The van der Waals surface area contributed by atoms with Crippen LogP contribution in [0.3, 0.4) is 0 Å². The minimum atomic E-state index is -3.19. The fourth-order valence-corrected chi connectivity index (χ4v) is 4.81. The lowest BCUT2D eigenvalue weighted by Crippen LogP contribution is -2.52. The monoisotopic (exact) mass is 284 g/mol. The summed E-state index contributed by atoms with van der Waals surface area (Å²) in [4.78, 5) is 1.11. The molecule has 1 N–H and O–H groups in total. The molecule has 2 atom stereocenters. The number of rotatable bonds is 4. The zero-order chi connectivity index (χ0) is 13.2. The van der Waals surface area contributed by atoms with E-state index >= 15 is 0 Å². The summed E-state index contributed by atoms with van der Waals surface area (Å²) >= 11 is 1.60. The molecule has 98 valence electrons.